The second-order valence-electron chi connectivity index (χ2n) is 6.53. The van der Waals surface area contributed by atoms with Gasteiger partial charge in [-0.1, -0.05) is 0 Å². The molecule has 2 atom stereocenters. The molecule has 0 rings (SSSR count). The fourth-order valence-electron chi connectivity index (χ4n) is 2.81. The van der Waals surface area contributed by atoms with Gasteiger partial charge in [0.1, 0.15) is 0 Å². The SMILES string of the molecule is CCC[CH2][Sn]([CH2]C)([O]CCC)[O][Sn]([CH2]C)([CH2]CCC)[O]CCC. The third-order valence-electron chi connectivity index (χ3n) is 4.41. The van der Waals surface area contributed by atoms with Crippen LogP contribution >= 0.6 is 0 Å². The summed E-state index contributed by atoms with van der Waals surface area (Å²) in [5, 5.41) is 0. The van der Waals surface area contributed by atoms with Crippen molar-refractivity contribution in [3.63, 3.8) is 0 Å². The molecule has 0 aromatic heterocycles. The molecule has 0 aliphatic heterocycles. The molecule has 0 spiro atoms. The molecule has 23 heavy (non-hydrogen) atoms. The minimum atomic E-state index is -2.97. The van der Waals surface area contributed by atoms with Crippen molar-refractivity contribution in [1.82, 2.24) is 0 Å². The van der Waals surface area contributed by atoms with Crippen molar-refractivity contribution < 1.29 is 7.56 Å². The second kappa shape index (κ2) is 14.6. The Labute approximate surface area is 156 Å². The normalized spacial score (nSPS) is 17.0. The number of hydrogen-bond donors (Lipinski definition) is 0. The Hall–Kier alpha value is 1.48. The van der Waals surface area contributed by atoms with Gasteiger partial charge >= 0.3 is 157 Å². The Balaban J connectivity index is 5.24. The van der Waals surface area contributed by atoms with Crippen molar-refractivity contribution in [2.45, 2.75) is 97.8 Å². The summed E-state index contributed by atoms with van der Waals surface area (Å²) in [4.78, 5) is 0. The quantitative estimate of drug-likeness (QED) is 0.211. The van der Waals surface area contributed by atoms with Crippen LogP contribution in [0.1, 0.15) is 80.1 Å². The molecule has 3 nitrogen and oxygen atoms in total. The summed E-state index contributed by atoms with van der Waals surface area (Å²) in [7, 11) is 0. The maximum absolute atomic E-state index is 7.11. The van der Waals surface area contributed by atoms with Gasteiger partial charge in [-0.05, 0) is 0 Å². The van der Waals surface area contributed by atoms with E-state index in [2.05, 4.69) is 41.5 Å². The van der Waals surface area contributed by atoms with Crippen LogP contribution in [0.2, 0.25) is 17.7 Å². The van der Waals surface area contributed by atoms with Gasteiger partial charge in [0.05, 0.1) is 0 Å². The summed E-state index contributed by atoms with van der Waals surface area (Å²) in [6.45, 7) is 15.3. The van der Waals surface area contributed by atoms with Crippen LogP contribution in [0.5, 0.6) is 0 Å². The fourth-order valence-corrected chi connectivity index (χ4v) is 43.6. The van der Waals surface area contributed by atoms with E-state index in [0.717, 1.165) is 34.9 Å². The molecule has 2 unspecified atom stereocenters. The first-order valence-electron chi connectivity index (χ1n) is 10.1. The maximum atomic E-state index is 7.11. The third-order valence-corrected chi connectivity index (χ3v) is 37.5. The number of hydrogen-bond acceptors (Lipinski definition) is 3. The molecule has 0 N–H and O–H groups in total. The van der Waals surface area contributed by atoms with E-state index in [4.69, 9.17) is 7.56 Å². The molecule has 0 amide bonds. The van der Waals surface area contributed by atoms with Crippen molar-refractivity contribution in [2.75, 3.05) is 13.2 Å². The Morgan fingerprint density at radius 1 is 0.565 bits per heavy atom. The molecular weight excluding hydrogens is 502 g/mol. The van der Waals surface area contributed by atoms with Gasteiger partial charge in [-0.2, -0.15) is 0 Å². The molecule has 0 aliphatic carbocycles. The van der Waals surface area contributed by atoms with E-state index in [0.29, 0.717) is 0 Å². The van der Waals surface area contributed by atoms with Crippen molar-refractivity contribution in [2.24, 2.45) is 0 Å². The summed E-state index contributed by atoms with van der Waals surface area (Å²) in [6.07, 6.45) is 7.15. The predicted octanol–water partition coefficient (Wildman–Crippen LogP) is 6.38. The van der Waals surface area contributed by atoms with Gasteiger partial charge in [0.15, 0.2) is 0 Å². The second-order valence-corrected chi connectivity index (χ2v) is 30.0. The molecule has 5 heteroatoms. The van der Waals surface area contributed by atoms with Crippen LogP contribution in [-0.4, -0.2) is 51.6 Å². The Bertz CT molecular complexity index is 233. The van der Waals surface area contributed by atoms with Crippen LogP contribution in [-0.2, 0) is 7.56 Å². The van der Waals surface area contributed by atoms with E-state index < -0.39 is 38.4 Å². The summed E-state index contributed by atoms with van der Waals surface area (Å²) in [6, 6.07) is 0. The third kappa shape index (κ3) is 9.66. The van der Waals surface area contributed by atoms with Crippen LogP contribution in [0, 0.1) is 0 Å². The standard InChI is InChI=1S/2C4H9.2C3H7O.2C2H5.O.2Sn/c2*1-3-4-2;2*1-2-3-4;2*1-2;;;/h2*1,3-4H2,2H3;2*2-3H2,1H3;2*1H2,2H3;;;/q;;2*-1;;;;2*+1. The average molecular weight is 544 g/mol. The van der Waals surface area contributed by atoms with Crippen LogP contribution < -0.4 is 0 Å². The molecular formula is C18H42O3Sn2. The van der Waals surface area contributed by atoms with E-state index in [-0.39, 0.29) is 0 Å². The molecule has 0 heterocycles. The average Bonchev–Trinajstić information content (AvgIpc) is 2.60. The molecule has 0 saturated heterocycles. The summed E-state index contributed by atoms with van der Waals surface area (Å²) >= 11 is -5.94. The number of unbranched alkanes of at least 4 members (excludes halogenated alkanes) is 2. The van der Waals surface area contributed by atoms with Gasteiger partial charge in [-0.3, -0.25) is 0 Å². The fraction of sp³-hybridized carbons (Fsp3) is 1.00. The summed E-state index contributed by atoms with van der Waals surface area (Å²) in [5.41, 5.74) is 0. The first-order chi connectivity index (χ1) is 11.1. The first kappa shape index (κ1) is 24.5. The van der Waals surface area contributed by atoms with Crippen LogP contribution in [0.15, 0.2) is 0 Å². The minimum absolute atomic E-state index is 0.876. The molecule has 140 valence electrons. The van der Waals surface area contributed by atoms with E-state index in [1.807, 2.05) is 0 Å². The van der Waals surface area contributed by atoms with E-state index in [9.17, 15) is 0 Å². The summed E-state index contributed by atoms with van der Waals surface area (Å²) < 4.78 is 24.8. The van der Waals surface area contributed by atoms with Gasteiger partial charge in [-0.25, -0.2) is 0 Å². The summed E-state index contributed by atoms with van der Waals surface area (Å²) in [5.74, 6) is 0. The molecule has 0 aromatic rings. The molecule has 0 bridgehead atoms. The topological polar surface area (TPSA) is 27.7 Å². The zero-order valence-corrected chi connectivity index (χ0v) is 22.4. The van der Waals surface area contributed by atoms with E-state index in [1.165, 1.54) is 34.6 Å². The monoisotopic (exact) mass is 546 g/mol. The molecule has 0 aromatic carbocycles. The van der Waals surface area contributed by atoms with Crippen molar-refractivity contribution in [3.05, 3.63) is 0 Å². The van der Waals surface area contributed by atoms with Gasteiger partial charge in [0.25, 0.3) is 0 Å². The predicted molar refractivity (Wildman–Crippen MR) is 105 cm³/mol. The molecule has 0 aliphatic rings. The zero-order chi connectivity index (χ0) is 17.6. The van der Waals surface area contributed by atoms with Gasteiger partial charge in [-0.15, -0.1) is 0 Å². The molecule has 0 radical (unpaired) electrons. The van der Waals surface area contributed by atoms with Crippen LogP contribution in [0.4, 0.5) is 0 Å². The molecule has 0 saturated carbocycles. The van der Waals surface area contributed by atoms with Crippen molar-refractivity contribution in [1.29, 1.82) is 0 Å². The van der Waals surface area contributed by atoms with Gasteiger partial charge in [0, 0.05) is 0 Å². The van der Waals surface area contributed by atoms with Crippen LogP contribution in [0.25, 0.3) is 0 Å². The van der Waals surface area contributed by atoms with Crippen molar-refractivity contribution >= 4 is 38.4 Å². The first-order valence-corrected chi connectivity index (χ1v) is 22.8. The van der Waals surface area contributed by atoms with Crippen LogP contribution in [0.3, 0.4) is 0 Å². The van der Waals surface area contributed by atoms with Gasteiger partial charge < -0.3 is 0 Å². The Kier molecular flexibility index (Phi) is 15.6. The number of rotatable bonds is 16. The Morgan fingerprint density at radius 2 is 0.957 bits per heavy atom. The zero-order valence-electron chi connectivity index (χ0n) is 16.7. The Morgan fingerprint density at radius 3 is 1.22 bits per heavy atom. The van der Waals surface area contributed by atoms with E-state index in [1.54, 1.807) is 0 Å². The van der Waals surface area contributed by atoms with E-state index >= 15 is 0 Å². The van der Waals surface area contributed by atoms with Crippen molar-refractivity contribution in [3.8, 4) is 0 Å². The van der Waals surface area contributed by atoms with Gasteiger partial charge in [0.2, 0.25) is 0 Å². The molecule has 0 fully saturated rings.